The van der Waals surface area contributed by atoms with E-state index in [4.69, 9.17) is 0 Å². The fraction of sp³-hybridized carbons (Fsp3) is 0.556. The maximum Gasteiger partial charge on any atom is 0.256 e. The molecule has 4 rings (SSSR count). The Morgan fingerprint density at radius 1 is 1.22 bits per heavy atom. The van der Waals surface area contributed by atoms with Crippen LogP contribution in [-0.4, -0.2) is 58.1 Å². The molecule has 2 aromatic rings. The zero-order valence-corrected chi connectivity index (χ0v) is 13.9. The van der Waals surface area contributed by atoms with Crippen molar-refractivity contribution in [2.24, 2.45) is 0 Å². The van der Waals surface area contributed by atoms with Crippen LogP contribution in [0.2, 0.25) is 0 Å². The van der Waals surface area contributed by atoms with E-state index in [1.54, 1.807) is 6.20 Å². The topological polar surface area (TPSA) is 52.2 Å². The molecule has 1 N–H and O–H groups in total. The number of rotatable bonds is 2. The summed E-state index contributed by atoms with van der Waals surface area (Å²) in [5.41, 5.74) is 2.74. The third-order valence-corrected chi connectivity index (χ3v) is 5.50. The molecular formula is C18H24N4O. The van der Waals surface area contributed by atoms with Gasteiger partial charge in [-0.2, -0.15) is 5.10 Å². The summed E-state index contributed by atoms with van der Waals surface area (Å²) in [6, 6.07) is 4.94. The fourth-order valence-electron chi connectivity index (χ4n) is 4.40. The molecule has 0 bridgehead atoms. The molecule has 0 spiro atoms. The largest absolute Gasteiger partial charge is 0.334 e. The summed E-state index contributed by atoms with van der Waals surface area (Å²) >= 11 is 0. The molecule has 2 aliphatic heterocycles. The van der Waals surface area contributed by atoms with Crippen molar-refractivity contribution < 1.29 is 4.79 Å². The number of hydrogen-bond donors (Lipinski definition) is 1. The first-order valence-corrected chi connectivity index (χ1v) is 8.60. The Hall–Kier alpha value is -1.88. The Morgan fingerprint density at radius 2 is 2.00 bits per heavy atom. The van der Waals surface area contributed by atoms with Crippen molar-refractivity contribution in [3.05, 3.63) is 29.5 Å². The van der Waals surface area contributed by atoms with Crippen LogP contribution in [0.25, 0.3) is 10.9 Å². The van der Waals surface area contributed by atoms with Gasteiger partial charge in [0.1, 0.15) is 0 Å². The maximum atomic E-state index is 13.2. The molecule has 2 atom stereocenters. The van der Waals surface area contributed by atoms with Crippen LogP contribution >= 0.6 is 0 Å². The number of benzene rings is 1. The van der Waals surface area contributed by atoms with E-state index in [1.165, 1.54) is 12.8 Å². The predicted octanol–water partition coefficient (Wildman–Crippen LogP) is 2.57. The Labute approximate surface area is 136 Å². The van der Waals surface area contributed by atoms with E-state index in [-0.39, 0.29) is 5.91 Å². The van der Waals surface area contributed by atoms with Gasteiger partial charge in [-0.25, -0.2) is 0 Å². The molecule has 2 saturated heterocycles. The zero-order chi connectivity index (χ0) is 16.0. The van der Waals surface area contributed by atoms with Gasteiger partial charge >= 0.3 is 0 Å². The van der Waals surface area contributed by atoms with Crippen LogP contribution < -0.4 is 0 Å². The van der Waals surface area contributed by atoms with Crippen molar-refractivity contribution in [1.29, 1.82) is 0 Å². The number of aromatic amines is 1. The van der Waals surface area contributed by atoms with Crippen molar-refractivity contribution in [2.75, 3.05) is 20.1 Å². The minimum atomic E-state index is 0.158. The summed E-state index contributed by atoms with van der Waals surface area (Å²) in [5, 5.41) is 8.14. The van der Waals surface area contributed by atoms with Crippen LogP contribution in [0.4, 0.5) is 0 Å². The number of likely N-dealkylation sites (N-methyl/N-ethyl adjacent to an activating group) is 1. The van der Waals surface area contributed by atoms with Gasteiger partial charge in [-0.15, -0.1) is 0 Å². The first-order chi connectivity index (χ1) is 11.1. The monoisotopic (exact) mass is 312 g/mol. The van der Waals surface area contributed by atoms with E-state index in [9.17, 15) is 4.79 Å². The number of nitrogens with one attached hydrogen (secondary N) is 1. The number of likely N-dealkylation sites (tertiary alicyclic amines) is 2. The summed E-state index contributed by atoms with van der Waals surface area (Å²) < 4.78 is 0. The predicted molar refractivity (Wildman–Crippen MR) is 90.5 cm³/mol. The maximum absolute atomic E-state index is 13.2. The van der Waals surface area contributed by atoms with Crippen molar-refractivity contribution in [1.82, 2.24) is 20.0 Å². The van der Waals surface area contributed by atoms with Crippen molar-refractivity contribution in [3.63, 3.8) is 0 Å². The summed E-state index contributed by atoms with van der Waals surface area (Å²) in [4.78, 5) is 17.8. The average Bonchev–Trinajstić information content (AvgIpc) is 3.24. The van der Waals surface area contributed by atoms with Gasteiger partial charge < -0.3 is 9.80 Å². The second-order valence-electron chi connectivity index (χ2n) is 7.05. The SMILES string of the molecule is Cc1cc(C(=O)N2CCCC2C2CCCN2C)c2[nH]ncc2c1. The molecule has 5 heteroatoms. The van der Waals surface area contributed by atoms with Gasteiger partial charge in [-0.1, -0.05) is 0 Å². The number of nitrogens with zero attached hydrogens (tertiary/aromatic N) is 3. The molecule has 1 aromatic heterocycles. The molecule has 1 amide bonds. The number of carbonyl (C=O) groups excluding carboxylic acids is 1. The van der Waals surface area contributed by atoms with Crippen LogP contribution in [0.3, 0.4) is 0 Å². The summed E-state index contributed by atoms with van der Waals surface area (Å²) in [6.45, 7) is 4.06. The Balaban J connectivity index is 1.68. The standard InChI is InChI=1S/C18H24N4O/c1-12-9-13-11-19-20-17(13)14(10-12)18(23)22-8-4-6-16(22)15-5-3-7-21(15)2/h9-11,15-16H,3-8H2,1-2H3,(H,19,20). The highest BCUT2D eigenvalue weighted by Gasteiger charge is 2.39. The number of hydrogen-bond acceptors (Lipinski definition) is 3. The third kappa shape index (κ3) is 2.43. The average molecular weight is 312 g/mol. The van der Waals surface area contributed by atoms with Crippen LogP contribution in [0.1, 0.15) is 41.6 Å². The number of fused-ring (bicyclic) bond motifs is 1. The number of carbonyl (C=O) groups is 1. The molecule has 0 saturated carbocycles. The van der Waals surface area contributed by atoms with E-state index >= 15 is 0 Å². The highest BCUT2D eigenvalue weighted by molar-refractivity contribution is 6.06. The van der Waals surface area contributed by atoms with E-state index < -0.39 is 0 Å². The van der Waals surface area contributed by atoms with Crippen molar-refractivity contribution >= 4 is 16.8 Å². The van der Waals surface area contributed by atoms with Gasteiger partial charge in [0.25, 0.3) is 5.91 Å². The highest BCUT2D eigenvalue weighted by atomic mass is 16.2. The number of amides is 1. The lowest BCUT2D eigenvalue weighted by atomic mass is 10.0. The lowest BCUT2D eigenvalue weighted by Gasteiger charge is -2.33. The summed E-state index contributed by atoms with van der Waals surface area (Å²) in [6.07, 6.45) is 6.48. The first-order valence-electron chi connectivity index (χ1n) is 8.60. The Morgan fingerprint density at radius 3 is 2.78 bits per heavy atom. The molecule has 2 unspecified atom stereocenters. The van der Waals surface area contributed by atoms with E-state index in [0.29, 0.717) is 12.1 Å². The fourth-order valence-corrected chi connectivity index (χ4v) is 4.40. The third-order valence-electron chi connectivity index (χ3n) is 5.50. The first kappa shape index (κ1) is 14.7. The minimum absolute atomic E-state index is 0.158. The number of aromatic nitrogens is 2. The summed E-state index contributed by atoms with van der Waals surface area (Å²) in [5.74, 6) is 0.158. The molecule has 0 radical (unpaired) electrons. The Bertz CT molecular complexity index is 738. The molecule has 0 aliphatic carbocycles. The summed E-state index contributed by atoms with van der Waals surface area (Å²) in [7, 11) is 2.19. The van der Waals surface area contributed by atoms with E-state index in [2.05, 4.69) is 33.1 Å². The molecule has 3 heterocycles. The van der Waals surface area contributed by atoms with Gasteiger partial charge in [0.15, 0.2) is 0 Å². The lowest BCUT2D eigenvalue weighted by molar-refractivity contribution is 0.0666. The van der Waals surface area contributed by atoms with Crippen LogP contribution in [0, 0.1) is 6.92 Å². The highest BCUT2D eigenvalue weighted by Crippen LogP contribution is 2.31. The van der Waals surface area contributed by atoms with Crippen LogP contribution in [0.5, 0.6) is 0 Å². The quantitative estimate of drug-likeness (QED) is 0.927. The normalized spacial score (nSPS) is 25.6. The molecule has 23 heavy (non-hydrogen) atoms. The second kappa shape index (κ2) is 5.64. The van der Waals surface area contributed by atoms with E-state index in [1.807, 2.05) is 13.0 Å². The molecule has 2 aliphatic rings. The Kier molecular flexibility index (Phi) is 3.60. The van der Waals surface area contributed by atoms with Crippen LogP contribution in [-0.2, 0) is 0 Å². The molecule has 122 valence electrons. The zero-order valence-electron chi connectivity index (χ0n) is 13.9. The molecule has 5 nitrogen and oxygen atoms in total. The minimum Gasteiger partial charge on any atom is -0.334 e. The molecular weight excluding hydrogens is 288 g/mol. The van der Waals surface area contributed by atoms with Gasteiger partial charge in [-0.3, -0.25) is 9.89 Å². The van der Waals surface area contributed by atoms with Gasteiger partial charge in [0.2, 0.25) is 0 Å². The second-order valence-corrected chi connectivity index (χ2v) is 7.05. The van der Waals surface area contributed by atoms with E-state index in [0.717, 1.165) is 48.0 Å². The number of aryl methyl sites for hydroxylation is 1. The van der Waals surface area contributed by atoms with Crippen molar-refractivity contribution in [2.45, 2.75) is 44.7 Å². The van der Waals surface area contributed by atoms with Gasteiger partial charge in [0, 0.05) is 24.0 Å². The smallest absolute Gasteiger partial charge is 0.256 e. The molecule has 1 aromatic carbocycles. The molecule has 2 fully saturated rings. The lowest BCUT2D eigenvalue weighted by Crippen LogP contribution is -2.47. The van der Waals surface area contributed by atoms with Crippen molar-refractivity contribution in [3.8, 4) is 0 Å². The van der Waals surface area contributed by atoms with Crippen LogP contribution in [0.15, 0.2) is 18.3 Å². The van der Waals surface area contributed by atoms with Gasteiger partial charge in [-0.05, 0) is 63.9 Å². The number of H-pyrrole nitrogens is 1. The van der Waals surface area contributed by atoms with Gasteiger partial charge in [0.05, 0.1) is 17.3 Å².